The lowest BCUT2D eigenvalue weighted by molar-refractivity contribution is -0.377. The van der Waals surface area contributed by atoms with E-state index in [9.17, 15) is 112 Å². The van der Waals surface area contributed by atoms with Crippen LogP contribution in [0.3, 0.4) is 0 Å². The summed E-state index contributed by atoms with van der Waals surface area (Å²) in [4.78, 5) is 29.4. The van der Waals surface area contributed by atoms with Gasteiger partial charge < -0.3 is 188 Å². The van der Waals surface area contributed by atoms with E-state index in [-0.39, 0.29) is 24.7 Å². The number of hydrogen-bond acceptors (Lipinski definition) is 39. The van der Waals surface area contributed by atoms with Gasteiger partial charge in [-0.1, -0.05) is 66.5 Å². The van der Waals surface area contributed by atoms with Crippen molar-refractivity contribution in [2.24, 2.45) is 50.2 Å². The van der Waals surface area contributed by atoms with E-state index in [0.29, 0.717) is 44.9 Å². The van der Waals surface area contributed by atoms with Gasteiger partial charge in [-0.15, -0.1) is 0 Å². The molecule has 12 fully saturated rings. The van der Waals surface area contributed by atoms with Gasteiger partial charge in [0.25, 0.3) is 0 Å². The van der Waals surface area contributed by atoms with Gasteiger partial charge >= 0.3 is 5.97 Å². The van der Waals surface area contributed by atoms with E-state index in [1.54, 1.807) is 0 Å². The number of carbonyl (C=O) groups is 2. The molecule has 0 aromatic carbocycles. The maximum absolute atomic E-state index is 16.1. The monoisotopic (exact) mass is 1660 g/mol. The zero-order chi connectivity index (χ0) is 83.6. The van der Waals surface area contributed by atoms with Gasteiger partial charge in [0.05, 0.1) is 65.1 Å². The number of rotatable bonds is 21. The Bertz CT molecular complexity index is 3330. The zero-order valence-corrected chi connectivity index (χ0v) is 65.4. The molecule has 13 aliphatic rings. The Balaban J connectivity index is 0.759. The third-order valence-electron chi connectivity index (χ3n) is 28.4. The van der Waals surface area contributed by atoms with Crippen LogP contribution >= 0.6 is 0 Å². The first kappa shape index (κ1) is 90.0. The van der Waals surface area contributed by atoms with Crippen LogP contribution in [0.4, 0.5) is 0 Å². The van der Waals surface area contributed by atoms with Crippen LogP contribution in [0.2, 0.25) is 0 Å². The molecule has 5 aliphatic carbocycles. The molecule has 44 atom stereocenters. The highest BCUT2D eigenvalue weighted by atomic mass is 16.8. The minimum Gasteiger partial charge on any atom is -0.432 e. The predicted octanol–water partition coefficient (Wildman–Crippen LogP) is -8.43. The molecule has 22 N–H and O–H groups in total. The summed E-state index contributed by atoms with van der Waals surface area (Å²) in [5.41, 5.74) is -4.19. The SMILES string of the molecule is CC(=O)NC1C(OC2CCC3(C)C(CCC4(C)C3CC=C3C5C(C)(C)CCCC5(C(=O)OC5OC(CO)C(OC6OCC(O)C(O)C6O)C(O)C5OC5OCC(O)C(OC6OC(CO)C(O)C6O)C5O)C(O)CC34C)C2(C)C)OC(COC2OCC(O)C(OC3OCC(O)C(O)C3O)C2O)C(OC2OC(CO)C(O)C(O)C2O)C1O. The molecule has 8 aliphatic heterocycles. The minimum absolute atomic E-state index is 0.0502. The standard InChI is InChI=1S/C75H121NO39/c1-27(80)76-41-46(90)58(113-67-51(95)47(91)44(88)33(19-77)105-67)36(26-104-62-53(97)55(31(83)24-100-62)110-63-48(92)42(86)29(81)22-101-63)108-61(41)109-40-13-16-72(6)37(71(40,4)5)12-17-73(7)38(72)11-10-28-60-70(2,3)14-9-15-75(60,39(85)18-74(28,73)8)69(99)115-68-59(52(96)57(35(21-79)107-68)112-64-49(93)43(87)30(82)23-102-64)114-65-54(98)56(32(84)25-103-65)111-66-50(94)45(89)34(20-78)106-66/h10,29-68,77-79,81-98H,9,11-26H2,1-8H3,(H,76,80). The highest BCUT2D eigenvalue weighted by molar-refractivity contribution is 5.80. The molecule has 40 nitrogen and oxygen atoms in total. The molecular formula is C75H121NO39. The fourth-order valence-electron chi connectivity index (χ4n) is 22.0. The number of aliphatic hydroxyl groups excluding tert-OH is 21. The fraction of sp³-hybridized carbons (Fsp3) is 0.947. The Morgan fingerprint density at radius 3 is 1.51 bits per heavy atom. The van der Waals surface area contributed by atoms with Crippen molar-refractivity contribution in [1.82, 2.24) is 5.32 Å². The van der Waals surface area contributed by atoms with E-state index in [1.807, 2.05) is 13.8 Å². The van der Waals surface area contributed by atoms with E-state index in [0.717, 1.165) is 5.57 Å². The summed E-state index contributed by atoms with van der Waals surface area (Å²) in [6.45, 7) is 10.7. The maximum atomic E-state index is 16.1. The number of aliphatic hydroxyl groups is 21. The zero-order valence-electron chi connectivity index (χ0n) is 65.4. The molecule has 8 heterocycles. The van der Waals surface area contributed by atoms with Gasteiger partial charge in [-0.25, -0.2) is 0 Å². The molecule has 0 aromatic heterocycles. The number of amides is 1. The van der Waals surface area contributed by atoms with Gasteiger partial charge in [0.1, 0.15) is 164 Å². The van der Waals surface area contributed by atoms with Gasteiger partial charge in [-0.05, 0) is 90.3 Å². The molecule has 4 saturated carbocycles. The van der Waals surface area contributed by atoms with E-state index in [2.05, 4.69) is 46.0 Å². The molecule has 0 spiro atoms. The first-order valence-corrected chi connectivity index (χ1v) is 40.0. The largest absolute Gasteiger partial charge is 0.432 e. The number of nitrogens with one attached hydrogen (secondary N) is 1. The van der Waals surface area contributed by atoms with Gasteiger partial charge in [0.2, 0.25) is 12.2 Å². The molecule has 44 unspecified atom stereocenters. The summed E-state index contributed by atoms with van der Waals surface area (Å²) >= 11 is 0. The van der Waals surface area contributed by atoms with Crippen molar-refractivity contribution in [2.45, 2.75) is 340 Å². The highest BCUT2D eigenvalue weighted by Gasteiger charge is 2.74. The second-order valence-electron chi connectivity index (χ2n) is 36.0. The molecule has 1 amide bonds. The van der Waals surface area contributed by atoms with Gasteiger partial charge in [-0.2, -0.15) is 0 Å². The second-order valence-corrected chi connectivity index (χ2v) is 36.0. The molecule has 0 aromatic rings. The van der Waals surface area contributed by atoms with Crippen molar-refractivity contribution in [3.63, 3.8) is 0 Å². The average Bonchev–Trinajstić information content (AvgIpc) is 0.683. The van der Waals surface area contributed by atoms with Crippen molar-refractivity contribution in [3.05, 3.63) is 11.6 Å². The third-order valence-corrected chi connectivity index (χ3v) is 28.4. The first-order valence-electron chi connectivity index (χ1n) is 40.0. The maximum Gasteiger partial charge on any atom is 0.317 e. The average molecular weight is 1660 g/mol. The quantitative estimate of drug-likeness (QED) is 0.0288. The highest BCUT2D eigenvalue weighted by Crippen LogP contribution is 2.77. The lowest BCUT2D eigenvalue weighted by atomic mass is 9.32. The van der Waals surface area contributed by atoms with Gasteiger partial charge in [0.15, 0.2) is 50.1 Å². The van der Waals surface area contributed by atoms with Crippen molar-refractivity contribution in [2.75, 3.05) is 52.9 Å². The smallest absolute Gasteiger partial charge is 0.317 e. The summed E-state index contributed by atoms with van der Waals surface area (Å²) in [5.74, 6) is -2.56. The lowest BCUT2D eigenvalue weighted by Crippen LogP contribution is -2.70. The Morgan fingerprint density at radius 1 is 0.452 bits per heavy atom. The number of allylic oxidation sites excluding steroid dienone is 2. The molecular weight excluding hydrogens is 1540 g/mol. The Kier molecular flexibility index (Phi) is 27.2. The summed E-state index contributed by atoms with van der Waals surface area (Å²) in [7, 11) is 0. The number of hydrogen-bond donors (Lipinski definition) is 22. The van der Waals surface area contributed by atoms with Crippen molar-refractivity contribution in [3.8, 4) is 0 Å². The van der Waals surface area contributed by atoms with Crippen LogP contribution < -0.4 is 5.32 Å². The summed E-state index contributed by atoms with van der Waals surface area (Å²) in [6, 6.07) is -1.47. The van der Waals surface area contributed by atoms with Crippen LogP contribution in [0.5, 0.6) is 0 Å². The summed E-state index contributed by atoms with van der Waals surface area (Å²) in [5, 5.41) is 235. The molecule has 115 heavy (non-hydrogen) atoms. The van der Waals surface area contributed by atoms with Crippen LogP contribution in [0.25, 0.3) is 0 Å². The van der Waals surface area contributed by atoms with E-state index < -0.39 is 330 Å². The normalized spacial score (nSPS) is 53.1. The minimum atomic E-state index is -2.09. The van der Waals surface area contributed by atoms with Crippen molar-refractivity contribution >= 4 is 11.9 Å². The Hall–Kier alpha value is -2.76. The number of fused-ring (bicyclic) bond motifs is 7. The fourth-order valence-corrected chi connectivity index (χ4v) is 22.0. The van der Waals surface area contributed by atoms with Gasteiger partial charge in [0, 0.05) is 12.8 Å². The van der Waals surface area contributed by atoms with Crippen LogP contribution in [0.15, 0.2) is 11.6 Å². The van der Waals surface area contributed by atoms with Crippen LogP contribution in [0, 0.1) is 50.2 Å². The van der Waals surface area contributed by atoms with Crippen molar-refractivity contribution < 1.29 is 193 Å². The number of carbonyl (C=O) groups excluding carboxylic acids is 2. The van der Waals surface area contributed by atoms with E-state index >= 15 is 4.79 Å². The van der Waals surface area contributed by atoms with E-state index in [4.69, 9.17) is 75.8 Å². The molecule has 0 bridgehead atoms. The van der Waals surface area contributed by atoms with Crippen LogP contribution in [0.1, 0.15) is 113 Å². The van der Waals surface area contributed by atoms with E-state index in [1.165, 1.54) is 6.92 Å². The van der Waals surface area contributed by atoms with Gasteiger partial charge in [-0.3, -0.25) is 9.59 Å². The number of esters is 1. The lowest BCUT2D eigenvalue weighted by Gasteiger charge is -2.72. The third kappa shape index (κ3) is 16.1. The first-order chi connectivity index (χ1) is 54.1. The second kappa shape index (κ2) is 34.7. The Morgan fingerprint density at radius 2 is 0.930 bits per heavy atom. The summed E-state index contributed by atoms with van der Waals surface area (Å²) in [6.07, 6.45) is -55.6. The number of ether oxygens (including phenoxy) is 16. The molecule has 0 radical (unpaired) electrons. The molecule has 40 heteroatoms. The Labute approximate surface area is 662 Å². The summed E-state index contributed by atoms with van der Waals surface area (Å²) < 4.78 is 96.5. The topological polar surface area (TPSA) is 619 Å². The van der Waals surface area contributed by atoms with Crippen LogP contribution in [-0.4, -0.2) is 399 Å². The molecule has 8 saturated heterocycles. The molecule has 660 valence electrons. The van der Waals surface area contributed by atoms with Crippen LogP contribution in [-0.2, 0) is 85.4 Å². The molecule has 13 rings (SSSR count). The van der Waals surface area contributed by atoms with Crippen molar-refractivity contribution in [1.29, 1.82) is 0 Å². The predicted molar refractivity (Wildman–Crippen MR) is 376 cm³/mol.